The zero-order valence-corrected chi connectivity index (χ0v) is 14.7. The minimum atomic E-state index is -0.547. The minimum Gasteiger partial charge on any atom is -0.354 e. The van der Waals surface area contributed by atoms with Gasteiger partial charge in [-0.3, -0.25) is 9.59 Å². The molecule has 0 aliphatic carbocycles. The van der Waals surface area contributed by atoms with Crippen molar-refractivity contribution in [2.45, 2.75) is 39.7 Å². The van der Waals surface area contributed by atoms with Crippen LogP contribution in [0.4, 0.5) is 0 Å². The Balaban J connectivity index is 2.71. The molecule has 1 rings (SSSR count). The van der Waals surface area contributed by atoms with Crippen LogP contribution < -0.4 is 10.6 Å². The molecule has 0 saturated carbocycles. The largest absolute Gasteiger partial charge is 0.354 e. The first-order chi connectivity index (χ1) is 11.0. The molecule has 23 heavy (non-hydrogen) atoms. The van der Waals surface area contributed by atoms with Crippen LogP contribution in [0.5, 0.6) is 0 Å². The monoisotopic (exact) mass is 336 g/mol. The quantitative estimate of drug-likeness (QED) is 0.563. The van der Waals surface area contributed by atoms with Gasteiger partial charge in [-0.1, -0.05) is 44.0 Å². The molecule has 0 aliphatic rings. The molecule has 4 nitrogen and oxygen atoms in total. The van der Waals surface area contributed by atoms with Crippen molar-refractivity contribution < 1.29 is 9.59 Å². The van der Waals surface area contributed by atoms with Crippen LogP contribution in [-0.4, -0.2) is 24.4 Å². The Morgan fingerprint density at radius 2 is 1.91 bits per heavy atom. The number of halogens is 1. The summed E-state index contributed by atoms with van der Waals surface area (Å²) in [6.07, 6.45) is 5.51. The number of amides is 2. The van der Waals surface area contributed by atoms with Crippen LogP contribution in [0.2, 0.25) is 5.02 Å². The number of carbonyl (C=O) groups excluding carboxylic acids is 2. The molecule has 5 heteroatoms. The predicted molar refractivity (Wildman–Crippen MR) is 94.6 cm³/mol. The molecule has 2 atom stereocenters. The number of rotatable bonds is 8. The number of hydrogen-bond acceptors (Lipinski definition) is 2. The smallest absolute Gasteiger partial charge is 0.251 e. The molecule has 126 valence electrons. The predicted octanol–water partition coefficient (Wildman–Crippen LogP) is 3.57. The van der Waals surface area contributed by atoms with Crippen LogP contribution >= 0.6 is 11.6 Å². The van der Waals surface area contributed by atoms with Crippen molar-refractivity contribution in [2.75, 3.05) is 6.54 Å². The van der Waals surface area contributed by atoms with Crippen molar-refractivity contribution in [1.82, 2.24) is 10.6 Å². The molecular weight excluding hydrogens is 312 g/mol. The molecule has 1 aromatic carbocycles. The Labute approximate surface area is 143 Å². The first kappa shape index (κ1) is 19.2. The zero-order chi connectivity index (χ0) is 17.2. The van der Waals surface area contributed by atoms with Crippen molar-refractivity contribution in [3.8, 4) is 0 Å². The van der Waals surface area contributed by atoms with E-state index in [2.05, 4.69) is 10.6 Å². The van der Waals surface area contributed by atoms with Gasteiger partial charge in [0, 0.05) is 17.1 Å². The average Bonchev–Trinajstić information content (AvgIpc) is 2.56. The molecule has 0 aliphatic heterocycles. The zero-order valence-electron chi connectivity index (χ0n) is 13.9. The number of benzene rings is 1. The molecule has 1 aromatic rings. The Morgan fingerprint density at radius 1 is 1.26 bits per heavy atom. The Kier molecular flexibility index (Phi) is 8.41. The van der Waals surface area contributed by atoms with Crippen LogP contribution in [0.3, 0.4) is 0 Å². The maximum absolute atomic E-state index is 12.4. The lowest BCUT2D eigenvalue weighted by atomic mass is 9.97. The normalized spacial score (nSPS) is 13.6. The van der Waals surface area contributed by atoms with Gasteiger partial charge in [0.2, 0.25) is 5.91 Å². The molecule has 0 radical (unpaired) electrons. The van der Waals surface area contributed by atoms with Gasteiger partial charge in [0.05, 0.1) is 0 Å². The molecule has 2 unspecified atom stereocenters. The molecule has 0 fully saturated rings. The van der Waals surface area contributed by atoms with E-state index in [4.69, 9.17) is 11.6 Å². The molecule has 2 amide bonds. The van der Waals surface area contributed by atoms with Crippen LogP contribution in [0.1, 0.15) is 44.0 Å². The van der Waals surface area contributed by atoms with Crippen molar-refractivity contribution in [1.29, 1.82) is 0 Å². The van der Waals surface area contributed by atoms with Gasteiger partial charge in [-0.15, -0.1) is 0 Å². The van der Waals surface area contributed by atoms with E-state index in [1.165, 1.54) is 0 Å². The SMILES string of the molecule is C/C=C/CCNC(=O)C(NC(=O)c1ccc(Cl)cc1)C(C)CC. The van der Waals surface area contributed by atoms with E-state index in [1.807, 2.05) is 32.9 Å². The minimum absolute atomic E-state index is 0.0490. The second kappa shape index (κ2) is 10.1. The highest BCUT2D eigenvalue weighted by atomic mass is 35.5. The fraction of sp³-hybridized carbons (Fsp3) is 0.444. The first-order valence-electron chi connectivity index (χ1n) is 7.94. The third-order valence-corrected chi connectivity index (χ3v) is 3.99. The van der Waals surface area contributed by atoms with Gasteiger partial charge in [0.25, 0.3) is 5.91 Å². The standard InChI is InChI=1S/C18H25ClN2O2/c1-4-6-7-12-20-18(23)16(13(3)5-2)21-17(22)14-8-10-15(19)11-9-14/h4,6,8-11,13,16H,5,7,12H2,1-3H3,(H,20,23)(H,21,22)/b6-4+. The number of carbonyl (C=O) groups is 2. The maximum Gasteiger partial charge on any atom is 0.251 e. The molecular formula is C18H25ClN2O2. The summed E-state index contributed by atoms with van der Waals surface area (Å²) in [6, 6.07) is 6.07. The summed E-state index contributed by atoms with van der Waals surface area (Å²) in [4.78, 5) is 24.7. The van der Waals surface area contributed by atoms with E-state index in [-0.39, 0.29) is 17.7 Å². The Morgan fingerprint density at radius 3 is 2.48 bits per heavy atom. The summed E-state index contributed by atoms with van der Waals surface area (Å²) in [7, 11) is 0. The summed E-state index contributed by atoms with van der Waals surface area (Å²) >= 11 is 5.83. The lowest BCUT2D eigenvalue weighted by molar-refractivity contribution is -0.124. The van der Waals surface area contributed by atoms with Crippen molar-refractivity contribution in [2.24, 2.45) is 5.92 Å². The summed E-state index contributed by atoms with van der Waals surface area (Å²) < 4.78 is 0. The van der Waals surface area contributed by atoms with Gasteiger partial charge in [-0.2, -0.15) is 0 Å². The molecule has 0 bridgehead atoms. The van der Waals surface area contributed by atoms with Crippen LogP contribution in [-0.2, 0) is 4.79 Å². The number of nitrogens with one attached hydrogen (secondary N) is 2. The molecule has 2 N–H and O–H groups in total. The third kappa shape index (κ3) is 6.45. The first-order valence-corrected chi connectivity index (χ1v) is 8.32. The van der Waals surface area contributed by atoms with Gasteiger partial charge < -0.3 is 10.6 Å². The fourth-order valence-corrected chi connectivity index (χ4v) is 2.21. The Bertz CT molecular complexity index is 540. The number of allylic oxidation sites excluding steroid dienone is 1. The van der Waals surface area contributed by atoms with E-state index >= 15 is 0 Å². The maximum atomic E-state index is 12.4. The molecule has 0 aromatic heterocycles. The van der Waals surface area contributed by atoms with E-state index in [0.29, 0.717) is 17.1 Å². The molecule has 0 saturated heterocycles. The lowest BCUT2D eigenvalue weighted by Crippen LogP contribution is -2.50. The van der Waals surface area contributed by atoms with Gasteiger partial charge in [-0.05, 0) is 43.5 Å². The molecule has 0 spiro atoms. The highest BCUT2D eigenvalue weighted by molar-refractivity contribution is 6.30. The van der Waals surface area contributed by atoms with Gasteiger partial charge in [-0.25, -0.2) is 0 Å². The van der Waals surface area contributed by atoms with Crippen molar-refractivity contribution in [3.63, 3.8) is 0 Å². The highest BCUT2D eigenvalue weighted by Crippen LogP contribution is 2.12. The molecule has 0 heterocycles. The topological polar surface area (TPSA) is 58.2 Å². The fourth-order valence-electron chi connectivity index (χ4n) is 2.08. The summed E-state index contributed by atoms with van der Waals surface area (Å²) in [6.45, 7) is 6.46. The van der Waals surface area contributed by atoms with E-state index in [9.17, 15) is 9.59 Å². The summed E-state index contributed by atoms with van der Waals surface area (Å²) in [5.41, 5.74) is 0.490. The van der Waals surface area contributed by atoms with Crippen LogP contribution in [0.25, 0.3) is 0 Å². The summed E-state index contributed by atoms with van der Waals surface area (Å²) in [5.74, 6) is -0.366. The highest BCUT2D eigenvalue weighted by Gasteiger charge is 2.25. The van der Waals surface area contributed by atoms with E-state index in [1.54, 1.807) is 24.3 Å². The average molecular weight is 337 g/mol. The van der Waals surface area contributed by atoms with Crippen molar-refractivity contribution >= 4 is 23.4 Å². The van der Waals surface area contributed by atoms with Gasteiger partial charge in [0.1, 0.15) is 6.04 Å². The van der Waals surface area contributed by atoms with Crippen LogP contribution in [0.15, 0.2) is 36.4 Å². The van der Waals surface area contributed by atoms with Gasteiger partial charge >= 0.3 is 0 Å². The number of hydrogen-bond donors (Lipinski definition) is 2. The van der Waals surface area contributed by atoms with Crippen LogP contribution in [0, 0.1) is 5.92 Å². The summed E-state index contributed by atoms with van der Waals surface area (Å²) in [5, 5.41) is 6.28. The van der Waals surface area contributed by atoms with Crippen molar-refractivity contribution in [3.05, 3.63) is 47.0 Å². The Hall–Kier alpha value is -1.81. The second-order valence-electron chi connectivity index (χ2n) is 5.49. The third-order valence-electron chi connectivity index (χ3n) is 3.73. The lowest BCUT2D eigenvalue weighted by Gasteiger charge is -2.23. The van der Waals surface area contributed by atoms with Gasteiger partial charge in [0.15, 0.2) is 0 Å². The van der Waals surface area contributed by atoms with E-state index in [0.717, 1.165) is 12.8 Å². The van der Waals surface area contributed by atoms with E-state index < -0.39 is 6.04 Å². The second-order valence-corrected chi connectivity index (χ2v) is 5.93.